The van der Waals surface area contributed by atoms with Crippen LogP contribution in [0.1, 0.15) is 19.3 Å². The van der Waals surface area contributed by atoms with Crippen molar-refractivity contribution in [1.82, 2.24) is 4.98 Å². The van der Waals surface area contributed by atoms with Gasteiger partial charge in [-0.15, -0.1) is 0 Å². The molecule has 1 aliphatic heterocycles. The van der Waals surface area contributed by atoms with E-state index >= 15 is 0 Å². The molecule has 0 saturated carbocycles. The number of nitrogens with zero attached hydrogens (tertiary/aromatic N) is 2. The number of sulfonamides is 1. The predicted molar refractivity (Wildman–Crippen MR) is 69.6 cm³/mol. The van der Waals surface area contributed by atoms with Crippen molar-refractivity contribution in [1.29, 1.82) is 0 Å². The number of hydrogen-bond donors (Lipinski definition) is 2. The predicted octanol–water partition coefficient (Wildman–Crippen LogP) is 0.0466. The first-order valence-electron chi connectivity index (χ1n) is 5.98. The van der Waals surface area contributed by atoms with Gasteiger partial charge in [0.25, 0.3) is 0 Å². The lowest BCUT2D eigenvalue weighted by Gasteiger charge is -2.36. The molecule has 0 aliphatic carbocycles. The van der Waals surface area contributed by atoms with E-state index in [1.54, 1.807) is 6.07 Å². The maximum Gasteiger partial charge on any atom is 0.239 e. The maximum atomic E-state index is 11.1. The molecule has 1 fully saturated rings. The van der Waals surface area contributed by atoms with Crippen LogP contribution in [0.5, 0.6) is 0 Å². The molecule has 0 aromatic carbocycles. The summed E-state index contributed by atoms with van der Waals surface area (Å²) in [5, 5.41) is 5.04. The summed E-state index contributed by atoms with van der Waals surface area (Å²) in [6.45, 7) is 1.49. The minimum atomic E-state index is -3.68. The summed E-state index contributed by atoms with van der Waals surface area (Å²) in [5.41, 5.74) is 5.74. The minimum absolute atomic E-state index is 0.0348. The average Bonchev–Trinajstić information content (AvgIpc) is 2.38. The molecule has 18 heavy (non-hydrogen) atoms. The Labute approximate surface area is 107 Å². The number of nitrogens with two attached hydrogens (primary N) is 2. The molecular formula is C11H18N4O2S. The lowest BCUT2D eigenvalue weighted by molar-refractivity contribution is 0.462. The first kappa shape index (κ1) is 13.3. The molecule has 7 heteroatoms. The first-order chi connectivity index (χ1) is 8.52. The van der Waals surface area contributed by atoms with E-state index < -0.39 is 10.0 Å². The highest BCUT2D eigenvalue weighted by Gasteiger charge is 2.22. The maximum absolute atomic E-state index is 11.1. The number of rotatable bonds is 3. The van der Waals surface area contributed by atoms with Gasteiger partial charge in [0.2, 0.25) is 10.0 Å². The molecular weight excluding hydrogens is 252 g/mol. The molecule has 4 N–H and O–H groups in total. The molecule has 100 valence electrons. The second-order valence-corrected chi connectivity index (χ2v) is 6.04. The molecule has 1 aliphatic rings. The van der Waals surface area contributed by atoms with E-state index in [-0.39, 0.29) is 10.9 Å². The van der Waals surface area contributed by atoms with Crippen molar-refractivity contribution >= 4 is 15.8 Å². The van der Waals surface area contributed by atoms with Gasteiger partial charge in [-0.3, -0.25) is 0 Å². The minimum Gasteiger partial charge on any atom is -0.352 e. The van der Waals surface area contributed by atoms with Crippen molar-refractivity contribution in [2.45, 2.75) is 30.2 Å². The molecule has 0 bridgehead atoms. The van der Waals surface area contributed by atoms with Gasteiger partial charge in [0.1, 0.15) is 10.7 Å². The van der Waals surface area contributed by atoms with E-state index in [0.717, 1.165) is 25.2 Å². The molecule has 2 heterocycles. The van der Waals surface area contributed by atoms with Gasteiger partial charge in [0.15, 0.2) is 0 Å². The van der Waals surface area contributed by atoms with Crippen LogP contribution >= 0.6 is 0 Å². The number of primary sulfonamides is 1. The number of aromatic nitrogens is 1. The van der Waals surface area contributed by atoms with Crippen molar-refractivity contribution in [3.05, 3.63) is 18.3 Å². The zero-order valence-corrected chi connectivity index (χ0v) is 10.9. The van der Waals surface area contributed by atoms with Gasteiger partial charge in [-0.05, 0) is 31.4 Å². The van der Waals surface area contributed by atoms with E-state index in [1.165, 1.54) is 18.7 Å². The molecule has 6 nitrogen and oxygen atoms in total. The zero-order valence-electron chi connectivity index (χ0n) is 10.1. The van der Waals surface area contributed by atoms with Crippen LogP contribution < -0.4 is 15.8 Å². The Morgan fingerprint density at radius 2 is 2.17 bits per heavy atom. The molecule has 1 saturated heterocycles. The van der Waals surface area contributed by atoms with Crippen LogP contribution in [0.3, 0.4) is 0 Å². The van der Waals surface area contributed by atoms with Crippen LogP contribution in [0.15, 0.2) is 23.2 Å². The van der Waals surface area contributed by atoms with E-state index in [2.05, 4.69) is 9.88 Å². The van der Waals surface area contributed by atoms with Crippen LogP contribution in [0.25, 0.3) is 0 Å². The van der Waals surface area contributed by atoms with Gasteiger partial charge in [-0.2, -0.15) is 0 Å². The molecule has 1 unspecified atom stereocenters. The molecule has 2 rings (SSSR count). The number of pyridine rings is 1. The quantitative estimate of drug-likeness (QED) is 0.807. The van der Waals surface area contributed by atoms with Crippen LogP contribution in [-0.4, -0.2) is 32.5 Å². The van der Waals surface area contributed by atoms with Crippen LogP contribution in [0, 0.1) is 0 Å². The van der Waals surface area contributed by atoms with Gasteiger partial charge in [0.05, 0.1) is 0 Å². The summed E-state index contributed by atoms with van der Waals surface area (Å²) in [7, 11) is -3.68. The van der Waals surface area contributed by atoms with E-state index in [0.29, 0.717) is 6.54 Å². The fourth-order valence-electron chi connectivity index (χ4n) is 2.26. The topological polar surface area (TPSA) is 102 Å². The van der Waals surface area contributed by atoms with Gasteiger partial charge in [-0.25, -0.2) is 18.5 Å². The summed E-state index contributed by atoms with van der Waals surface area (Å²) in [5.74, 6) is 0.762. The molecule has 0 spiro atoms. The van der Waals surface area contributed by atoms with Crippen molar-refractivity contribution in [3.63, 3.8) is 0 Å². The second kappa shape index (κ2) is 5.21. The van der Waals surface area contributed by atoms with Crippen molar-refractivity contribution in [2.24, 2.45) is 10.9 Å². The van der Waals surface area contributed by atoms with Crippen LogP contribution in [0.2, 0.25) is 0 Å². The molecule has 1 aromatic heterocycles. The Balaban J connectivity index is 2.23. The highest BCUT2D eigenvalue weighted by Crippen LogP contribution is 2.23. The lowest BCUT2D eigenvalue weighted by Crippen LogP contribution is -2.44. The third-order valence-electron chi connectivity index (χ3n) is 3.24. The third kappa shape index (κ3) is 2.80. The summed E-state index contributed by atoms with van der Waals surface area (Å²) in [6, 6.07) is 3.46. The normalized spacial score (nSPS) is 21.0. The number of hydrogen-bond acceptors (Lipinski definition) is 5. The van der Waals surface area contributed by atoms with Gasteiger partial charge >= 0.3 is 0 Å². The summed E-state index contributed by atoms with van der Waals surface area (Å²) in [4.78, 5) is 6.35. The number of anilines is 1. The molecule has 1 atom stereocenters. The summed E-state index contributed by atoms with van der Waals surface area (Å²) >= 11 is 0. The zero-order chi connectivity index (χ0) is 13.2. The van der Waals surface area contributed by atoms with E-state index in [1.807, 2.05) is 0 Å². The van der Waals surface area contributed by atoms with Gasteiger partial charge < -0.3 is 10.6 Å². The Morgan fingerprint density at radius 3 is 2.72 bits per heavy atom. The first-order valence-corrected chi connectivity index (χ1v) is 7.52. The monoisotopic (exact) mass is 270 g/mol. The standard InChI is InChI=1S/C11H18N4O2S/c12-7-9-3-1-2-6-15(9)11-5-4-10(8-14-11)18(13,16)17/h4-5,8-9H,1-3,6-7,12H2,(H2,13,16,17). The van der Waals surface area contributed by atoms with Gasteiger partial charge in [0, 0.05) is 25.3 Å². The molecule has 1 aromatic rings. The average molecular weight is 270 g/mol. The smallest absolute Gasteiger partial charge is 0.239 e. The van der Waals surface area contributed by atoms with Crippen LogP contribution in [0.4, 0.5) is 5.82 Å². The number of piperidine rings is 1. The summed E-state index contributed by atoms with van der Waals surface area (Å²) < 4.78 is 22.3. The Hall–Kier alpha value is -1.18. The van der Waals surface area contributed by atoms with Crippen molar-refractivity contribution in [3.8, 4) is 0 Å². The van der Waals surface area contributed by atoms with Crippen molar-refractivity contribution < 1.29 is 8.42 Å². The highest BCUT2D eigenvalue weighted by atomic mass is 32.2. The molecule has 0 amide bonds. The largest absolute Gasteiger partial charge is 0.352 e. The van der Waals surface area contributed by atoms with E-state index in [9.17, 15) is 8.42 Å². The van der Waals surface area contributed by atoms with Crippen LogP contribution in [-0.2, 0) is 10.0 Å². The Kier molecular flexibility index (Phi) is 3.84. The second-order valence-electron chi connectivity index (χ2n) is 4.48. The van der Waals surface area contributed by atoms with Gasteiger partial charge in [-0.1, -0.05) is 0 Å². The fourth-order valence-corrected chi connectivity index (χ4v) is 2.72. The highest BCUT2D eigenvalue weighted by molar-refractivity contribution is 7.89. The third-order valence-corrected chi connectivity index (χ3v) is 4.14. The molecule has 0 radical (unpaired) electrons. The van der Waals surface area contributed by atoms with E-state index in [4.69, 9.17) is 10.9 Å². The Morgan fingerprint density at radius 1 is 1.39 bits per heavy atom. The van der Waals surface area contributed by atoms with Crippen molar-refractivity contribution in [2.75, 3.05) is 18.0 Å². The SMILES string of the molecule is NCC1CCCCN1c1ccc(S(N)(=O)=O)cn1. The summed E-state index contributed by atoms with van der Waals surface area (Å²) in [6.07, 6.45) is 4.63. The lowest BCUT2D eigenvalue weighted by atomic mass is 10.0. The fraction of sp³-hybridized carbons (Fsp3) is 0.545. The Bertz CT molecular complexity index is 500.